The summed E-state index contributed by atoms with van der Waals surface area (Å²) in [6.45, 7) is 6.78. The second-order valence-corrected chi connectivity index (χ2v) is 12.3. The van der Waals surface area contributed by atoms with Gasteiger partial charge in [0.05, 0.1) is 22.4 Å². The highest BCUT2D eigenvalue weighted by Crippen LogP contribution is 2.24. The molecule has 0 aliphatic heterocycles. The summed E-state index contributed by atoms with van der Waals surface area (Å²) in [6.07, 6.45) is -1.14. The average Bonchev–Trinajstić information content (AvgIpc) is 2.85. The minimum absolute atomic E-state index is 0.00887. The van der Waals surface area contributed by atoms with Gasteiger partial charge in [0.25, 0.3) is 0 Å². The van der Waals surface area contributed by atoms with E-state index in [0.717, 1.165) is 5.56 Å². The Morgan fingerprint density at radius 3 is 2.10 bits per heavy atom. The second-order valence-electron chi connectivity index (χ2n) is 9.96. The predicted molar refractivity (Wildman–Crippen MR) is 148 cm³/mol. The van der Waals surface area contributed by atoms with Crippen LogP contribution in [-0.4, -0.2) is 49.2 Å². The van der Waals surface area contributed by atoms with Crippen LogP contribution in [0.4, 0.5) is 4.79 Å². The lowest BCUT2D eigenvalue weighted by molar-refractivity contribution is -0.131. The normalized spacial score (nSPS) is 12.5. The van der Waals surface area contributed by atoms with Gasteiger partial charge in [0.15, 0.2) is 0 Å². The number of hydrogen-bond acceptors (Lipinski definition) is 7. The molecule has 0 aliphatic carbocycles. The summed E-state index contributed by atoms with van der Waals surface area (Å²) in [4.78, 5) is 25.6. The van der Waals surface area contributed by atoms with Gasteiger partial charge in [-0.15, -0.1) is 0 Å². The van der Waals surface area contributed by atoms with Crippen molar-refractivity contribution in [1.29, 1.82) is 0 Å². The van der Waals surface area contributed by atoms with Crippen LogP contribution in [0.15, 0.2) is 82.6 Å². The fourth-order valence-electron chi connectivity index (χ4n) is 3.70. The molecule has 0 fully saturated rings. The van der Waals surface area contributed by atoms with E-state index in [0.29, 0.717) is 17.0 Å². The largest absolute Gasteiger partial charge is 0.444 e. The van der Waals surface area contributed by atoms with E-state index in [2.05, 4.69) is 0 Å². The van der Waals surface area contributed by atoms with E-state index in [4.69, 9.17) is 21.1 Å². The molecule has 10 heteroatoms. The number of carbonyl (C=O) groups is 2. The average molecular weight is 574 g/mol. The fourth-order valence-corrected chi connectivity index (χ4v) is 5.16. The maximum absolute atomic E-state index is 13.0. The van der Waals surface area contributed by atoms with E-state index < -0.39 is 33.6 Å². The molecular weight excluding hydrogens is 542 g/mol. The number of esters is 1. The van der Waals surface area contributed by atoms with Gasteiger partial charge in [-0.25, -0.2) is 13.2 Å². The maximum Gasteiger partial charge on any atom is 0.410 e. The first-order valence-corrected chi connectivity index (χ1v) is 14.1. The molecule has 1 N–H and O–H groups in total. The highest BCUT2D eigenvalue weighted by atomic mass is 35.5. The molecule has 208 valence electrons. The van der Waals surface area contributed by atoms with Gasteiger partial charge in [0, 0.05) is 18.5 Å². The molecule has 0 radical (unpaired) electrons. The zero-order valence-corrected chi connectivity index (χ0v) is 23.8. The van der Waals surface area contributed by atoms with Crippen molar-refractivity contribution in [1.82, 2.24) is 4.90 Å². The summed E-state index contributed by atoms with van der Waals surface area (Å²) in [5.74, 6) is -0.239. The number of rotatable bonds is 9. The molecule has 1 atom stereocenters. The van der Waals surface area contributed by atoms with Gasteiger partial charge >= 0.3 is 12.1 Å². The summed E-state index contributed by atoms with van der Waals surface area (Å²) in [5.41, 5.74) is 0.652. The topological polar surface area (TPSA) is 110 Å². The molecule has 3 aromatic carbocycles. The highest BCUT2D eigenvalue weighted by Gasteiger charge is 2.25. The van der Waals surface area contributed by atoms with E-state index in [-0.39, 0.29) is 28.6 Å². The van der Waals surface area contributed by atoms with E-state index in [1.807, 2.05) is 0 Å². The van der Waals surface area contributed by atoms with Gasteiger partial charge in [0.2, 0.25) is 9.84 Å². The van der Waals surface area contributed by atoms with Crippen molar-refractivity contribution in [3.63, 3.8) is 0 Å². The Kier molecular flexibility index (Phi) is 9.77. The molecule has 0 spiro atoms. The number of aliphatic hydroxyl groups is 1. The monoisotopic (exact) mass is 573 g/mol. The highest BCUT2D eigenvalue weighted by molar-refractivity contribution is 7.91. The number of halogens is 1. The Morgan fingerprint density at radius 2 is 1.56 bits per heavy atom. The Hall–Kier alpha value is -3.40. The molecule has 39 heavy (non-hydrogen) atoms. The van der Waals surface area contributed by atoms with Crippen molar-refractivity contribution < 1.29 is 32.6 Å². The predicted octanol–water partition coefficient (Wildman–Crippen LogP) is 5.61. The number of benzene rings is 3. The number of amides is 1. The SMILES string of the molecule is CC(=O)Oc1ccc(S(=O)(=O)c2ccc(CCN(CC(O)c3cccc(Cl)c3)C(=O)OC(C)(C)C)cc2)cc1. The minimum Gasteiger partial charge on any atom is -0.444 e. The zero-order valence-electron chi connectivity index (χ0n) is 22.3. The lowest BCUT2D eigenvalue weighted by Gasteiger charge is -2.29. The molecule has 1 unspecified atom stereocenters. The molecule has 8 nitrogen and oxygen atoms in total. The standard InChI is InChI=1S/C29H32ClNO7S/c1-20(32)37-24-10-14-26(15-11-24)39(35,36)25-12-8-21(9-13-25)16-17-31(28(34)38-29(2,3)4)19-27(33)22-6-5-7-23(30)18-22/h5-15,18,27,33H,16-17,19H2,1-4H3. The molecule has 0 aromatic heterocycles. The summed E-state index contributed by atoms with van der Waals surface area (Å²) in [7, 11) is -3.78. The number of carbonyl (C=O) groups excluding carboxylic acids is 2. The smallest absolute Gasteiger partial charge is 0.410 e. The van der Waals surface area contributed by atoms with Crippen LogP contribution in [0.1, 0.15) is 44.9 Å². The van der Waals surface area contributed by atoms with Crippen molar-refractivity contribution in [2.45, 2.75) is 55.6 Å². The molecule has 3 aromatic rings. The van der Waals surface area contributed by atoms with E-state index in [1.54, 1.807) is 57.2 Å². The van der Waals surface area contributed by atoms with E-state index >= 15 is 0 Å². The zero-order chi connectivity index (χ0) is 28.8. The number of hydrogen-bond donors (Lipinski definition) is 1. The molecule has 0 bridgehead atoms. The summed E-state index contributed by atoms with van der Waals surface area (Å²) >= 11 is 6.05. The van der Waals surface area contributed by atoms with Gasteiger partial charge in [-0.1, -0.05) is 35.9 Å². The van der Waals surface area contributed by atoms with Gasteiger partial charge < -0.3 is 19.5 Å². The Balaban J connectivity index is 1.72. The molecule has 0 aliphatic rings. The summed E-state index contributed by atoms with van der Waals surface area (Å²) in [5, 5.41) is 11.2. The van der Waals surface area contributed by atoms with Crippen LogP contribution in [0.2, 0.25) is 5.02 Å². The molecular formula is C29H32ClNO7S. The van der Waals surface area contributed by atoms with Crippen molar-refractivity contribution in [2.75, 3.05) is 13.1 Å². The molecule has 0 saturated heterocycles. The lowest BCUT2D eigenvalue weighted by Crippen LogP contribution is -2.40. The Labute approximate surface area is 234 Å². The molecule has 3 rings (SSSR count). The summed E-state index contributed by atoms with van der Waals surface area (Å²) in [6, 6.07) is 18.8. The van der Waals surface area contributed by atoms with Crippen LogP contribution < -0.4 is 4.74 Å². The number of sulfone groups is 1. The fraction of sp³-hybridized carbons (Fsp3) is 0.310. The van der Waals surface area contributed by atoms with Gasteiger partial charge in [-0.2, -0.15) is 0 Å². The van der Waals surface area contributed by atoms with Crippen molar-refractivity contribution in [3.8, 4) is 5.75 Å². The first-order valence-electron chi connectivity index (χ1n) is 12.3. The van der Waals surface area contributed by atoms with Gasteiger partial charge in [-0.05, 0) is 86.8 Å². The third-order valence-electron chi connectivity index (χ3n) is 5.58. The van der Waals surface area contributed by atoms with Crippen LogP contribution in [0.5, 0.6) is 5.75 Å². The lowest BCUT2D eigenvalue weighted by atomic mass is 10.1. The molecule has 1 amide bonds. The van der Waals surface area contributed by atoms with Gasteiger partial charge in [0.1, 0.15) is 11.4 Å². The number of nitrogens with zero attached hydrogens (tertiary/aromatic N) is 1. The van der Waals surface area contributed by atoms with Crippen molar-refractivity contribution >= 4 is 33.5 Å². The van der Waals surface area contributed by atoms with Crippen LogP contribution in [-0.2, 0) is 25.8 Å². The van der Waals surface area contributed by atoms with Crippen LogP contribution in [0, 0.1) is 0 Å². The Bertz CT molecular complexity index is 1400. The van der Waals surface area contributed by atoms with Crippen molar-refractivity contribution in [3.05, 3.63) is 88.9 Å². The third kappa shape index (κ3) is 8.81. The van der Waals surface area contributed by atoms with Crippen LogP contribution in [0.25, 0.3) is 0 Å². The summed E-state index contributed by atoms with van der Waals surface area (Å²) < 4.78 is 36.6. The number of ether oxygens (including phenoxy) is 2. The second kappa shape index (κ2) is 12.6. The van der Waals surface area contributed by atoms with Crippen LogP contribution >= 0.6 is 11.6 Å². The molecule has 0 saturated carbocycles. The first kappa shape index (κ1) is 30.1. The third-order valence-corrected chi connectivity index (χ3v) is 7.60. The first-order chi connectivity index (χ1) is 18.2. The Morgan fingerprint density at radius 1 is 0.974 bits per heavy atom. The van der Waals surface area contributed by atoms with E-state index in [1.165, 1.54) is 48.2 Å². The quantitative estimate of drug-likeness (QED) is 0.261. The van der Waals surface area contributed by atoms with Gasteiger partial charge in [-0.3, -0.25) is 4.79 Å². The van der Waals surface area contributed by atoms with Crippen molar-refractivity contribution in [2.24, 2.45) is 0 Å². The molecule has 0 heterocycles. The van der Waals surface area contributed by atoms with Crippen LogP contribution in [0.3, 0.4) is 0 Å². The van der Waals surface area contributed by atoms with E-state index in [9.17, 15) is 23.1 Å². The minimum atomic E-state index is -3.78. The maximum atomic E-state index is 13.0. The number of aliphatic hydroxyl groups excluding tert-OH is 1.